The molecule has 0 aliphatic carbocycles. The monoisotopic (exact) mass is 253 g/mol. The quantitative estimate of drug-likeness (QED) is 0.738. The smallest absolute Gasteiger partial charge is 0.224 e. The van der Waals surface area contributed by atoms with Crippen LogP contribution in [0.3, 0.4) is 0 Å². The van der Waals surface area contributed by atoms with E-state index in [0.29, 0.717) is 5.28 Å². The van der Waals surface area contributed by atoms with Gasteiger partial charge in [0.2, 0.25) is 5.28 Å². The summed E-state index contributed by atoms with van der Waals surface area (Å²) >= 11 is 5.99. The first-order valence-electron chi connectivity index (χ1n) is 5.93. The molecular formula is C11H16ClN5. The average Bonchev–Trinajstić information content (AvgIpc) is 2.77. The third kappa shape index (κ3) is 2.10. The molecule has 0 amide bonds. The Morgan fingerprint density at radius 2 is 1.88 bits per heavy atom. The molecule has 6 heteroatoms. The molecule has 2 aliphatic rings. The lowest BCUT2D eigenvalue weighted by molar-refractivity contribution is 0.311. The molecule has 0 spiro atoms. The topological polar surface area (TPSA) is 44.3 Å². The van der Waals surface area contributed by atoms with Crippen LogP contribution in [-0.4, -0.2) is 48.1 Å². The molecule has 1 N–H and O–H groups in total. The zero-order valence-corrected chi connectivity index (χ0v) is 10.7. The minimum absolute atomic E-state index is 0.362. The highest BCUT2D eigenvalue weighted by Gasteiger charge is 2.24. The number of rotatable bonds is 1. The first-order chi connectivity index (χ1) is 8.24. The van der Waals surface area contributed by atoms with Crippen LogP contribution < -0.4 is 10.2 Å². The van der Waals surface area contributed by atoms with Crippen LogP contribution in [0, 0.1) is 0 Å². The highest BCUT2D eigenvalue weighted by molar-refractivity contribution is 6.28. The first kappa shape index (κ1) is 11.2. The van der Waals surface area contributed by atoms with Gasteiger partial charge in [-0.05, 0) is 18.6 Å². The van der Waals surface area contributed by atoms with Gasteiger partial charge >= 0.3 is 0 Å². The van der Waals surface area contributed by atoms with Gasteiger partial charge < -0.3 is 15.1 Å². The van der Waals surface area contributed by atoms with E-state index in [1.165, 1.54) is 5.56 Å². The predicted molar refractivity (Wildman–Crippen MR) is 67.3 cm³/mol. The minimum Gasteiger partial charge on any atom is -0.354 e. The zero-order valence-electron chi connectivity index (χ0n) is 9.91. The van der Waals surface area contributed by atoms with Crippen molar-refractivity contribution in [2.24, 2.45) is 0 Å². The number of aromatic nitrogens is 2. The second kappa shape index (κ2) is 4.40. The largest absolute Gasteiger partial charge is 0.354 e. The number of fused-ring (bicyclic) bond motifs is 1. The molecule has 0 unspecified atom stereocenters. The highest BCUT2D eigenvalue weighted by Crippen LogP contribution is 2.26. The Morgan fingerprint density at radius 3 is 2.65 bits per heavy atom. The Labute approximate surface area is 106 Å². The summed E-state index contributed by atoms with van der Waals surface area (Å²) in [7, 11) is 2.15. The highest BCUT2D eigenvalue weighted by atomic mass is 35.5. The summed E-state index contributed by atoms with van der Waals surface area (Å²) in [6, 6.07) is 0. The van der Waals surface area contributed by atoms with E-state index in [9.17, 15) is 0 Å². The second-order valence-electron chi connectivity index (χ2n) is 4.64. The molecule has 0 saturated carbocycles. The third-order valence-electron chi connectivity index (χ3n) is 3.44. The van der Waals surface area contributed by atoms with Crippen molar-refractivity contribution in [3.63, 3.8) is 0 Å². The maximum atomic E-state index is 5.99. The van der Waals surface area contributed by atoms with Crippen LogP contribution in [-0.2, 0) is 13.1 Å². The van der Waals surface area contributed by atoms with Gasteiger partial charge in [0.15, 0.2) is 0 Å². The van der Waals surface area contributed by atoms with Crippen molar-refractivity contribution in [1.29, 1.82) is 0 Å². The molecule has 1 saturated heterocycles. The molecule has 5 nitrogen and oxygen atoms in total. The lowest BCUT2D eigenvalue weighted by Crippen LogP contribution is -2.45. The molecule has 3 heterocycles. The summed E-state index contributed by atoms with van der Waals surface area (Å²) < 4.78 is 0. The summed E-state index contributed by atoms with van der Waals surface area (Å²) in [6.45, 7) is 5.83. The lowest BCUT2D eigenvalue weighted by Gasteiger charge is -2.34. The predicted octanol–water partition coefficient (Wildman–Crippen LogP) is 0.485. The van der Waals surface area contributed by atoms with E-state index in [1.54, 1.807) is 0 Å². The standard InChI is InChI=1S/C11H16ClN5/c1-16-2-4-17(5-3-16)10-8-6-13-7-9(8)14-11(12)15-10/h13H,2-7H2,1H3. The molecule has 0 atom stereocenters. The molecule has 1 fully saturated rings. The van der Waals surface area contributed by atoms with Crippen LogP contribution in [0.2, 0.25) is 5.28 Å². The molecule has 2 aliphatic heterocycles. The van der Waals surface area contributed by atoms with Crippen LogP contribution in [0.15, 0.2) is 0 Å². The van der Waals surface area contributed by atoms with Crippen molar-refractivity contribution in [2.75, 3.05) is 38.1 Å². The van der Waals surface area contributed by atoms with E-state index in [4.69, 9.17) is 11.6 Å². The lowest BCUT2D eigenvalue weighted by atomic mass is 10.2. The van der Waals surface area contributed by atoms with Gasteiger partial charge in [-0.2, -0.15) is 0 Å². The Morgan fingerprint density at radius 1 is 1.12 bits per heavy atom. The van der Waals surface area contributed by atoms with E-state index in [0.717, 1.165) is 50.8 Å². The number of likely N-dealkylation sites (N-methyl/N-ethyl adjacent to an activating group) is 1. The zero-order chi connectivity index (χ0) is 11.8. The van der Waals surface area contributed by atoms with Crippen LogP contribution >= 0.6 is 11.6 Å². The fourth-order valence-electron chi connectivity index (χ4n) is 2.40. The van der Waals surface area contributed by atoms with Gasteiger partial charge in [0.25, 0.3) is 0 Å². The molecule has 0 radical (unpaired) electrons. The fraction of sp³-hybridized carbons (Fsp3) is 0.636. The Hall–Kier alpha value is -0.910. The van der Waals surface area contributed by atoms with E-state index >= 15 is 0 Å². The molecule has 17 heavy (non-hydrogen) atoms. The van der Waals surface area contributed by atoms with E-state index in [2.05, 4.69) is 32.1 Å². The van der Waals surface area contributed by atoms with Crippen molar-refractivity contribution in [1.82, 2.24) is 20.2 Å². The number of halogens is 1. The average molecular weight is 254 g/mol. The number of hydrogen-bond acceptors (Lipinski definition) is 5. The van der Waals surface area contributed by atoms with Gasteiger partial charge in [0, 0.05) is 44.8 Å². The molecule has 0 aromatic carbocycles. The summed E-state index contributed by atoms with van der Waals surface area (Å²) in [5.41, 5.74) is 2.28. The van der Waals surface area contributed by atoms with Gasteiger partial charge in [-0.15, -0.1) is 0 Å². The van der Waals surface area contributed by atoms with E-state index in [-0.39, 0.29) is 0 Å². The van der Waals surface area contributed by atoms with Gasteiger partial charge in [-0.25, -0.2) is 9.97 Å². The van der Waals surface area contributed by atoms with Gasteiger partial charge in [-0.1, -0.05) is 0 Å². The summed E-state index contributed by atoms with van der Waals surface area (Å²) in [5, 5.41) is 3.67. The maximum Gasteiger partial charge on any atom is 0.224 e. The van der Waals surface area contributed by atoms with Gasteiger partial charge in [0.05, 0.1) is 5.69 Å². The maximum absolute atomic E-state index is 5.99. The minimum atomic E-state index is 0.362. The number of anilines is 1. The molecular weight excluding hydrogens is 238 g/mol. The van der Waals surface area contributed by atoms with Crippen LogP contribution in [0.5, 0.6) is 0 Å². The number of nitrogens with one attached hydrogen (secondary N) is 1. The second-order valence-corrected chi connectivity index (χ2v) is 4.97. The van der Waals surface area contributed by atoms with Gasteiger partial charge in [0.1, 0.15) is 5.82 Å². The first-order valence-corrected chi connectivity index (χ1v) is 6.31. The van der Waals surface area contributed by atoms with Crippen molar-refractivity contribution < 1.29 is 0 Å². The Bertz CT molecular complexity index is 428. The fourth-order valence-corrected chi connectivity index (χ4v) is 2.58. The SMILES string of the molecule is CN1CCN(c2nc(Cl)nc3c2CNC3)CC1. The number of piperazine rings is 1. The van der Waals surface area contributed by atoms with Crippen LogP contribution in [0.1, 0.15) is 11.3 Å². The van der Waals surface area contributed by atoms with Crippen LogP contribution in [0.4, 0.5) is 5.82 Å². The normalized spacial score (nSPS) is 20.7. The number of nitrogens with zero attached hydrogens (tertiary/aromatic N) is 4. The third-order valence-corrected chi connectivity index (χ3v) is 3.61. The molecule has 1 aromatic rings. The number of hydrogen-bond donors (Lipinski definition) is 1. The summed E-state index contributed by atoms with van der Waals surface area (Å²) in [6.07, 6.45) is 0. The van der Waals surface area contributed by atoms with Crippen molar-refractivity contribution in [3.05, 3.63) is 16.5 Å². The Kier molecular flexibility index (Phi) is 2.90. The van der Waals surface area contributed by atoms with Crippen molar-refractivity contribution >= 4 is 17.4 Å². The van der Waals surface area contributed by atoms with Crippen molar-refractivity contribution in [3.8, 4) is 0 Å². The van der Waals surface area contributed by atoms with E-state index < -0.39 is 0 Å². The molecule has 1 aromatic heterocycles. The molecule has 3 rings (SSSR count). The Balaban J connectivity index is 1.92. The summed E-state index contributed by atoms with van der Waals surface area (Å²) in [4.78, 5) is 13.3. The van der Waals surface area contributed by atoms with Crippen molar-refractivity contribution in [2.45, 2.75) is 13.1 Å². The van der Waals surface area contributed by atoms with Gasteiger partial charge in [-0.3, -0.25) is 0 Å². The summed E-state index contributed by atoms with van der Waals surface area (Å²) in [5.74, 6) is 1.03. The van der Waals surface area contributed by atoms with Crippen LogP contribution in [0.25, 0.3) is 0 Å². The molecule has 92 valence electrons. The molecule has 0 bridgehead atoms. The van der Waals surface area contributed by atoms with E-state index in [1.807, 2.05) is 0 Å².